The second kappa shape index (κ2) is 3.69. The van der Waals surface area contributed by atoms with Crippen LogP contribution in [0.25, 0.3) is 0 Å². The molecular weight excluding hydrogens is 182 g/mol. The number of anilines is 1. The van der Waals surface area contributed by atoms with E-state index in [0.717, 1.165) is 5.69 Å². The summed E-state index contributed by atoms with van der Waals surface area (Å²) in [4.78, 5) is 11.3. The Kier molecular flexibility index (Phi) is 2.78. The Morgan fingerprint density at radius 3 is 2.64 bits per heavy atom. The zero-order chi connectivity index (χ0) is 10.8. The van der Waals surface area contributed by atoms with E-state index in [1.807, 2.05) is 27.7 Å². The van der Waals surface area contributed by atoms with Crippen molar-refractivity contribution in [3.63, 3.8) is 0 Å². The Hall–Kier alpha value is -1.52. The Labute approximate surface area is 82.8 Å². The highest BCUT2D eigenvalue weighted by atomic mass is 16.6. The van der Waals surface area contributed by atoms with Crippen molar-refractivity contribution >= 4 is 11.8 Å². The normalized spacial score (nSPS) is 11.1. The van der Waals surface area contributed by atoms with Gasteiger partial charge in [-0.25, -0.2) is 4.79 Å². The summed E-state index contributed by atoms with van der Waals surface area (Å²) in [5.74, 6) is 0. The van der Waals surface area contributed by atoms with Crippen LogP contribution in [-0.4, -0.2) is 21.9 Å². The summed E-state index contributed by atoms with van der Waals surface area (Å²) in [7, 11) is 0. The number of H-pyrrole nitrogens is 1. The number of hydrogen-bond donors (Lipinski definition) is 2. The second-order valence-corrected chi connectivity index (χ2v) is 4.04. The molecule has 1 heterocycles. The largest absolute Gasteiger partial charge is 0.444 e. The predicted molar refractivity (Wildman–Crippen MR) is 53.2 cm³/mol. The average Bonchev–Trinajstić information content (AvgIpc) is 2.32. The lowest BCUT2D eigenvalue weighted by Gasteiger charge is -2.19. The lowest BCUT2D eigenvalue weighted by atomic mass is 10.2. The number of hydrogen-bond acceptors (Lipinski definition) is 3. The number of rotatable bonds is 1. The highest BCUT2D eigenvalue weighted by molar-refractivity contribution is 5.85. The summed E-state index contributed by atoms with van der Waals surface area (Å²) in [5.41, 5.74) is 0.956. The maximum Gasteiger partial charge on any atom is 0.412 e. The second-order valence-electron chi connectivity index (χ2n) is 4.04. The van der Waals surface area contributed by atoms with Crippen LogP contribution in [0.2, 0.25) is 0 Å². The molecule has 1 rings (SSSR count). The molecule has 0 spiro atoms. The molecule has 14 heavy (non-hydrogen) atoms. The van der Waals surface area contributed by atoms with Gasteiger partial charge in [0, 0.05) is 0 Å². The van der Waals surface area contributed by atoms with Crippen molar-refractivity contribution < 1.29 is 9.53 Å². The molecular formula is C9H15N3O2. The molecule has 0 unspecified atom stereocenters. The molecule has 5 nitrogen and oxygen atoms in total. The number of aromatic amines is 1. The SMILES string of the molecule is Cc1[nH]ncc1NC(=O)OC(C)(C)C. The number of ether oxygens (including phenoxy) is 1. The first-order valence-corrected chi connectivity index (χ1v) is 4.38. The molecule has 0 atom stereocenters. The number of aryl methyl sites for hydroxylation is 1. The first-order chi connectivity index (χ1) is 6.38. The van der Waals surface area contributed by atoms with Gasteiger partial charge < -0.3 is 4.74 Å². The number of aromatic nitrogens is 2. The Balaban J connectivity index is 2.54. The van der Waals surface area contributed by atoms with Crippen molar-refractivity contribution in [2.24, 2.45) is 0 Å². The molecule has 0 aromatic carbocycles. The van der Waals surface area contributed by atoms with Gasteiger partial charge in [-0.05, 0) is 27.7 Å². The Morgan fingerprint density at radius 2 is 2.21 bits per heavy atom. The van der Waals surface area contributed by atoms with E-state index >= 15 is 0 Å². The molecule has 0 fully saturated rings. The number of carbonyl (C=O) groups excluding carboxylic acids is 1. The topological polar surface area (TPSA) is 67.0 Å². The Morgan fingerprint density at radius 1 is 1.57 bits per heavy atom. The first kappa shape index (κ1) is 10.6. The summed E-state index contributed by atoms with van der Waals surface area (Å²) in [5, 5.41) is 9.08. The maximum absolute atomic E-state index is 11.3. The maximum atomic E-state index is 11.3. The van der Waals surface area contributed by atoms with E-state index in [-0.39, 0.29) is 0 Å². The van der Waals surface area contributed by atoms with Crippen molar-refractivity contribution in [1.29, 1.82) is 0 Å². The molecule has 5 heteroatoms. The zero-order valence-electron chi connectivity index (χ0n) is 8.84. The van der Waals surface area contributed by atoms with E-state index in [9.17, 15) is 4.79 Å². The van der Waals surface area contributed by atoms with Crippen LogP contribution >= 0.6 is 0 Å². The minimum Gasteiger partial charge on any atom is -0.444 e. The van der Waals surface area contributed by atoms with Crippen LogP contribution < -0.4 is 5.32 Å². The highest BCUT2D eigenvalue weighted by Gasteiger charge is 2.16. The van der Waals surface area contributed by atoms with Gasteiger partial charge in [-0.15, -0.1) is 0 Å². The molecule has 1 aromatic rings. The monoisotopic (exact) mass is 197 g/mol. The molecule has 1 amide bonds. The highest BCUT2D eigenvalue weighted by Crippen LogP contribution is 2.12. The van der Waals surface area contributed by atoms with Crippen molar-refractivity contribution in [3.05, 3.63) is 11.9 Å². The molecule has 1 aromatic heterocycles. The van der Waals surface area contributed by atoms with Crippen molar-refractivity contribution in [1.82, 2.24) is 10.2 Å². The van der Waals surface area contributed by atoms with E-state index < -0.39 is 11.7 Å². The number of carbonyl (C=O) groups is 1. The van der Waals surface area contributed by atoms with Gasteiger partial charge in [0.2, 0.25) is 0 Å². The summed E-state index contributed by atoms with van der Waals surface area (Å²) in [6.07, 6.45) is 1.07. The van der Waals surface area contributed by atoms with Gasteiger partial charge in [0.05, 0.1) is 17.6 Å². The lowest BCUT2D eigenvalue weighted by molar-refractivity contribution is 0.0636. The third-order valence-corrected chi connectivity index (χ3v) is 1.47. The minimum atomic E-state index is -0.484. The summed E-state index contributed by atoms with van der Waals surface area (Å²) < 4.78 is 5.07. The summed E-state index contributed by atoms with van der Waals surface area (Å²) >= 11 is 0. The molecule has 2 N–H and O–H groups in total. The standard InChI is InChI=1S/C9H15N3O2/c1-6-7(5-10-12-6)11-8(13)14-9(2,3)4/h5H,1-4H3,(H,10,12)(H,11,13). The number of amides is 1. The van der Waals surface area contributed by atoms with E-state index in [0.29, 0.717) is 5.69 Å². The van der Waals surface area contributed by atoms with Crippen LogP contribution in [0.5, 0.6) is 0 Å². The van der Waals surface area contributed by atoms with Gasteiger partial charge in [0.15, 0.2) is 0 Å². The van der Waals surface area contributed by atoms with Crippen molar-refractivity contribution in [2.45, 2.75) is 33.3 Å². The molecule has 78 valence electrons. The van der Waals surface area contributed by atoms with Gasteiger partial charge in [0.1, 0.15) is 5.60 Å². The van der Waals surface area contributed by atoms with Crippen LogP contribution in [0, 0.1) is 6.92 Å². The van der Waals surface area contributed by atoms with Crippen molar-refractivity contribution in [3.8, 4) is 0 Å². The fourth-order valence-electron chi connectivity index (χ4n) is 0.890. The van der Waals surface area contributed by atoms with E-state index in [2.05, 4.69) is 15.5 Å². The first-order valence-electron chi connectivity index (χ1n) is 4.38. The molecule has 0 aliphatic carbocycles. The fourth-order valence-corrected chi connectivity index (χ4v) is 0.890. The molecule has 0 bridgehead atoms. The average molecular weight is 197 g/mol. The van der Waals surface area contributed by atoms with Gasteiger partial charge in [-0.3, -0.25) is 10.4 Å². The van der Waals surface area contributed by atoms with Crippen LogP contribution in [0.1, 0.15) is 26.5 Å². The molecule has 0 saturated carbocycles. The van der Waals surface area contributed by atoms with Crippen LogP contribution in [-0.2, 0) is 4.74 Å². The lowest BCUT2D eigenvalue weighted by Crippen LogP contribution is -2.27. The third-order valence-electron chi connectivity index (χ3n) is 1.47. The van der Waals surface area contributed by atoms with Crippen LogP contribution in [0.4, 0.5) is 10.5 Å². The summed E-state index contributed by atoms with van der Waals surface area (Å²) in [6, 6.07) is 0. The van der Waals surface area contributed by atoms with Gasteiger partial charge in [0.25, 0.3) is 0 Å². The zero-order valence-corrected chi connectivity index (χ0v) is 8.84. The molecule has 0 radical (unpaired) electrons. The predicted octanol–water partition coefficient (Wildman–Crippen LogP) is 2.07. The minimum absolute atomic E-state index is 0.470. The Bertz CT molecular complexity index is 325. The molecule has 0 saturated heterocycles. The van der Waals surface area contributed by atoms with Gasteiger partial charge in [-0.1, -0.05) is 0 Å². The summed E-state index contributed by atoms with van der Waals surface area (Å²) in [6.45, 7) is 7.26. The molecule has 0 aliphatic rings. The quantitative estimate of drug-likeness (QED) is 0.724. The number of nitrogens with zero attached hydrogens (tertiary/aromatic N) is 1. The van der Waals surface area contributed by atoms with Crippen LogP contribution in [0.15, 0.2) is 6.20 Å². The van der Waals surface area contributed by atoms with E-state index in [4.69, 9.17) is 4.74 Å². The fraction of sp³-hybridized carbons (Fsp3) is 0.556. The van der Waals surface area contributed by atoms with Gasteiger partial charge >= 0.3 is 6.09 Å². The van der Waals surface area contributed by atoms with E-state index in [1.165, 1.54) is 0 Å². The molecule has 0 aliphatic heterocycles. The third kappa shape index (κ3) is 3.08. The van der Waals surface area contributed by atoms with Crippen molar-refractivity contribution in [2.75, 3.05) is 5.32 Å². The smallest absolute Gasteiger partial charge is 0.412 e. The van der Waals surface area contributed by atoms with Gasteiger partial charge in [-0.2, -0.15) is 5.10 Å². The van der Waals surface area contributed by atoms with E-state index in [1.54, 1.807) is 6.20 Å². The number of nitrogens with one attached hydrogen (secondary N) is 2. The van der Waals surface area contributed by atoms with Crippen LogP contribution in [0.3, 0.4) is 0 Å².